The van der Waals surface area contributed by atoms with Crippen LogP contribution in [0.4, 0.5) is 17.6 Å². The molecule has 3 rings (SSSR count). The Labute approximate surface area is 171 Å². The second-order valence-electron chi connectivity index (χ2n) is 7.95. The van der Waals surface area contributed by atoms with E-state index in [0.29, 0.717) is 16.9 Å². The number of methoxy groups -OCH3 is 1. The van der Waals surface area contributed by atoms with Crippen LogP contribution in [0.3, 0.4) is 0 Å². The van der Waals surface area contributed by atoms with Gasteiger partial charge in [-0.2, -0.15) is 0 Å². The molecular weight excluding hydrogens is 400 g/mol. The Morgan fingerprint density at radius 1 is 1.23 bits per heavy atom. The monoisotopic (exact) mass is 424 g/mol. The van der Waals surface area contributed by atoms with Crippen molar-refractivity contribution in [1.82, 2.24) is 9.97 Å². The maximum atomic E-state index is 14.2. The average Bonchev–Trinajstić information content (AvgIpc) is 3.11. The van der Waals surface area contributed by atoms with Crippen LogP contribution in [0.1, 0.15) is 30.3 Å². The Bertz CT molecular complexity index is 1040. The summed E-state index contributed by atoms with van der Waals surface area (Å²) in [5.74, 6) is -0.481. The standard InChI is InChI=1S/C22H24F4N2O2/c1-13-16-9-15(28-18(16)6-7-27-13)10-22(29,20(25)26)11-21(2,12-23)17-8-14(24)4-5-19(17)30-3/h4-9,20,28-29H,10-12H2,1-3H3. The molecule has 8 heteroatoms. The SMILES string of the molecule is COc1ccc(F)cc1C(C)(CF)CC(O)(Cc1cc2c(C)nccc2[nH]1)C(F)F. The van der Waals surface area contributed by atoms with Gasteiger partial charge in [0.25, 0.3) is 6.43 Å². The van der Waals surface area contributed by atoms with E-state index in [0.717, 1.165) is 17.5 Å². The molecule has 2 unspecified atom stereocenters. The lowest BCUT2D eigenvalue weighted by Gasteiger charge is -2.37. The fraction of sp³-hybridized carbons (Fsp3) is 0.409. The van der Waals surface area contributed by atoms with Crippen LogP contribution in [0.5, 0.6) is 5.75 Å². The zero-order chi connectivity index (χ0) is 22.1. The average molecular weight is 424 g/mol. The number of aryl methyl sites for hydroxylation is 1. The molecule has 4 nitrogen and oxygen atoms in total. The van der Waals surface area contributed by atoms with Gasteiger partial charge >= 0.3 is 0 Å². The van der Waals surface area contributed by atoms with Crippen molar-refractivity contribution in [3.05, 3.63) is 59.3 Å². The van der Waals surface area contributed by atoms with Crippen LogP contribution in [-0.2, 0) is 11.8 Å². The number of H-pyrrole nitrogens is 1. The van der Waals surface area contributed by atoms with E-state index in [1.807, 2.05) is 0 Å². The molecule has 2 heterocycles. The van der Waals surface area contributed by atoms with Crippen molar-refractivity contribution in [2.24, 2.45) is 0 Å². The van der Waals surface area contributed by atoms with Gasteiger partial charge < -0.3 is 14.8 Å². The quantitative estimate of drug-likeness (QED) is 0.507. The first-order valence-corrected chi connectivity index (χ1v) is 9.45. The molecule has 0 spiro atoms. The lowest BCUT2D eigenvalue weighted by Crippen LogP contribution is -2.46. The van der Waals surface area contributed by atoms with Crippen LogP contribution in [0, 0.1) is 12.7 Å². The third-order valence-electron chi connectivity index (χ3n) is 5.51. The van der Waals surface area contributed by atoms with Gasteiger partial charge in [0.15, 0.2) is 0 Å². The van der Waals surface area contributed by atoms with E-state index in [9.17, 15) is 22.7 Å². The second kappa shape index (κ2) is 8.26. The summed E-state index contributed by atoms with van der Waals surface area (Å²) in [5.41, 5.74) is -2.27. The molecule has 0 fully saturated rings. The predicted molar refractivity (Wildman–Crippen MR) is 106 cm³/mol. The number of nitrogens with zero attached hydrogens (tertiary/aromatic N) is 1. The van der Waals surface area contributed by atoms with E-state index < -0.39 is 42.8 Å². The summed E-state index contributed by atoms with van der Waals surface area (Å²) >= 11 is 0. The second-order valence-corrected chi connectivity index (χ2v) is 7.95. The van der Waals surface area contributed by atoms with Gasteiger partial charge in [0.2, 0.25) is 0 Å². The molecule has 0 bridgehead atoms. The highest BCUT2D eigenvalue weighted by atomic mass is 19.3. The van der Waals surface area contributed by atoms with Crippen LogP contribution in [0.15, 0.2) is 36.5 Å². The maximum absolute atomic E-state index is 14.2. The summed E-state index contributed by atoms with van der Waals surface area (Å²) in [6, 6.07) is 6.87. The first kappa shape index (κ1) is 22.1. The van der Waals surface area contributed by atoms with Gasteiger partial charge in [-0.25, -0.2) is 13.2 Å². The summed E-state index contributed by atoms with van der Waals surface area (Å²) < 4.78 is 61.3. The minimum absolute atomic E-state index is 0.0864. The fourth-order valence-corrected chi connectivity index (χ4v) is 3.94. The zero-order valence-electron chi connectivity index (χ0n) is 17.0. The third-order valence-corrected chi connectivity index (χ3v) is 5.51. The highest BCUT2D eigenvalue weighted by molar-refractivity contribution is 5.82. The molecule has 3 aromatic rings. The van der Waals surface area contributed by atoms with Gasteiger partial charge in [0.1, 0.15) is 17.2 Å². The molecule has 2 N–H and O–H groups in total. The zero-order valence-corrected chi connectivity index (χ0v) is 17.0. The number of benzene rings is 1. The lowest BCUT2D eigenvalue weighted by molar-refractivity contribution is -0.113. The van der Waals surface area contributed by atoms with E-state index >= 15 is 0 Å². The minimum Gasteiger partial charge on any atom is -0.496 e. The highest BCUT2D eigenvalue weighted by Crippen LogP contribution is 2.42. The molecule has 0 aliphatic carbocycles. The first-order valence-electron chi connectivity index (χ1n) is 9.45. The van der Waals surface area contributed by atoms with Gasteiger partial charge in [-0.1, -0.05) is 6.92 Å². The Morgan fingerprint density at radius 2 is 1.97 bits per heavy atom. The van der Waals surface area contributed by atoms with Crippen molar-refractivity contribution in [2.45, 2.75) is 44.1 Å². The topological polar surface area (TPSA) is 58.1 Å². The molecule has 0 saturated heterocycles. The van der Waals surface area contributed by atoms with Crippen LogP contribution in [0.2, 0.25) is 0 Å². The van der Waals surface area contributed by atoms with Crippen molar-refractivity contribution in [1.29, 1.82) is 0 Å². The largest absolute Gasteiger partial charge is 0.496 e. The van der Waals surface area contributed by atoms with Gasteiger partial charge in [0, 0.05) is 45.9 Å². The number of hydrogen-bond donors (Lipinski definition) is 2. The number of hydrogen-bond acceptors (Lipinski definition) is 3. The number of alkyl halides is 3. The van der Waals surface area contributed by atoms with Crippen molar-refractivity contribution >= 4 is 10.9 Å². The third kappa shape index (κ3) is 4.14. The number of halogens is 4. The summed E-state index contributed by atoms with van der Waals surface area (Å²) in [5, 5.41) is 11.7. The molecule has 1 aromatic carbocycles. The Morgan fingerprint density at radius 3 is 2.57 bits per heavy atom. The summed E-state index contributed by atoms with van der Waals surface area (Å²) in [4.78, 5) is 7.17. The summed E-state index contributed by atoms with van der Waals surface area (Å²) in [7, 11) is 1.33. The fourth-order valence-electron chi connectivity index (χ4n) is 3.94. The van der Waals surface area contributed by atoms with E-state index in [4.69, 9.17) is 4.74 Å². The number of aromatic amines is 1. The lowest BCUT2D eigenvalue weighted by atomic mass is 9.73. The number of aliphatic hydroxyl groups is 1. The molecule has 0 radical (unpaired) electrons. The number of ether oxygens (including phenoxy) is 1. The molecule has 2 atom stereocenters. The van der Waals surface area contributed by atoms with Crippen molar-refractivity contribution in [3.63, 3.8) is 0 Å². The molecule has 0 aliphatic heterocycles. The molecule has 0 aliphatic rings. The first-order chi connectivity index (χ1) is 14.1. The number of aromatic nitrogens is 2. The van der Waals surface area contributed by atoms with Gasteiger partial charge in [-0.3, -0.25) is 9.37 Å². The van der Waals surface area contributed by atoms with Crippen molar-refractivity contribution < 1.29 is 27.4 Å². The number of pyridine rings is 1. The van der Waals surface area contributed by atoms with Gasteiger partial charge in [-0.05, 0) is 43.7 Å². The van der Waals surface area contributed by atoms with Crippen LogP contribution < -0.4 is 4.74 Å². The van der Waals surface area contributed by atoms with Crippen LogP contribution >= 0.6 is 0 Å². The molecule has 162 valence electrons. The van der Waals surface area contributed by atoms with Gasteiger partial charge in [0.05, 0.1) is 13.8 Å². The maximum Gasteiger partial charge on any atom is 0.267 e. The molecule has 2 aromatic heterocycles. The Kier molecular flexibility index (Phi) is 6.08. The number of nitrogens with one attached hydrogen (secondary N) is 1. The molecule has 30 heavy (non-hydrogen) atoms. The smallest absolute Gasteiger partial charge is 0.267 e. The number of rotatable bonds is 8. The minimum atomic E-state index is -3.16. The summed E-state index contributed by atoms with van der Waals surface area (Å²) in [6.07, 6.45) is -2.64. The molecule has 0 amide bonds. The van der Waals surface area contributed by atoms with Crippen LogP contribution in [-0.4, -0.2) is 40.9 Å². The highest BCUT2D eigenvalue weighted by Gasteiger charge is 2.46. The Hall–Kier alpha value is -2.61. The van der Waals surface area contributed by atoms with E-state index in [1.165, 1.54) is 20.1 Å². The van der Waals surface area contributed by atoms with E-state index in [2.05, 4.69) is 9.97 Å². The Balaban J connectivity index is 1.99. The van der Waals surface area contributed by atoms with Crippen molar-refractivity contribution in [2.75, 3.05) is 13.8 Å². The number of fused-ring (bicyclic) bond motifs is 1. The normalized spacial score (nSPS) is 15.9. The van der Waals surface area contributed by atoms with Crippen LogP contribution in [0.25, 0.3) is 10.9 Å². The summed E-state index contributed by atoms with van der Waals surface area (Å²) in [6.45, 7) is 2.07. The van der Waals surface area contributed by atoms with E-state index in [1.54, 1.807) is 25.3 Å². The molecule has 0 saturated carbocycles. The van der Waals surface area contributed by atoms with E-state index in [-0.39, 0.29) is 11.3 Å². The van der Waals surface area contributed by atoms with Crippen molar-refractivity contribution in [3.8, 4) is 5.75 Å². The van der Waals surface area contributed by atoms with Gasteiger partial charge in [-0.15, -0.1) is 0 Å². The molecular formula is C22H24F4N2O2. The predicted octanol–water partition coefficient (Wildman–Crippen LogP) is 4.88.